The molecule has 0 unspecified atom stereocenters. The van der Waals surface area contributed by atoms with Crippen molar-refractivity contribution in [2.24, 2.45) is 0 Å². The van der Waals surface area contributed by atoms with Crippen molar-refractivity contribution in [1.82, 2.24) is 4.98 Å². The molecule has 0 fully saturated rings. The quantitative estimate of drug-likeness (QED) is 0.465. The molecule has 152 valence electrons. The zero-order valence-corrected chi connectivity index (χ0v) is 17.0. The fourth-order valence-corrected chi connectivity index (χ4v) is 4.99. The van der Waals surface area contributed by atoms with E-state index in [4.69, 9.17) is 4.42 Å². The van der Waals surface area contributed by atoms with Gasteiger partial charge in [0.1, 0.15) is 5.82 Å². The van der Waals surface area contributed by atoms with Crippen LogP contribution in [0.1, 0.15) is 16.1 Å². The maximum Gasteiger partial charge on any atom is 0.293 e. The number of carbonyl (C=O) groups excluding carboxylic acids is 1. The minimum absolute atomic E-state index is 0.0898. The van der Waals surface area contributed by atoms with E-state index in [9.17, 15) is 17.6 Å². The third kappa shape index (κ3) is 4.32. The molecule has 0 bridgehead atoms. The number of carbonyl (C=O) groups is 1. The highest BCUT2D eigenvalue weighted by molar-refractivity contribution is 7.90. The van der Waals surface area contributed by atoms with Crippen LogP contribution in [0, 0.1) is 5.82 Å². The molecule has 0 aliphatic carbocycles. The fourth-order valence-electron chi connectivity index (χ4n) is 2.80. The number of benzene rings is 2. The second-order valence-electron chi connectivity index (χ2n) is 6.34. The van der Waals surface area contributed by atoms with Crippen LogP contribution in [0.5, 0.6) is 0 Å². The van der Waals surface area contributed by atoms with Gasteiger partial charge in [-0.1, -0.05) is 41.7 Å². The van der Waals surface area contributed by atoms with Crippen LogP contribution in [-0.2, 0) is 15.6 Å². The number of nitrogens with zero attached hydrogens (tertiary/aromatic N) is 1. The Morgan fingerprint density at radius 3 is 2.53 bits per heavy atom. The van der Waals surface area contributed by atoms with Crippen LogP contribution in [0.25, 0.3) is 10.4 Å². The number of hydrogen-bond donors (Lipinski definition) is 1. The van der Waals surface area contributed by atoms with Gasteiger partial charge in [-0.3, -0.25) is 10.1 Å². The van der Waals surface area contributed by atoms with Gasteiger partial charge >= 0.3 is 0 Å². The van der Waals surface area contributed by atoms with Crippen molar-refractivity contribution in [3.8, 4) is 10.4 Å². The van der Waals surface area contributed by atoms with Gasteiger partial charge in [0.25, 0.3) is 5.91 Å². The van der Waals surface area contributed by atoms with Crippen molar-refractivity contribution in [2.45, 2.75) is 10.6 Å². The number of hydrogen-bond acceptors (Lipinski definition) is 6. The second kappa shape index (κ2) is 8.21. The summed E-state index contributed by atoms with van der Waals surface area (Å²) in [4.78, 5) is 17.7. The summed E-state index contributed by atoms with van der Waals surface area (Å²) in [7, 11) is -3.63. The summed E-state index contributed by atoms with van der Waals surface area (Å²) in [5.41, 5.74) is 1.02. The number of thiazole rings is 1. The Morgan fingerprint density at radius 1 is 1.07 bits per heavy atom. The topological polar surface area (TPSA) is 89.3 Å². The lowest BCUT2D eigenvalue weighted by atomic mass is 10.2. The lowest BCUT2D eigenvalue weighted by Gasteiger charge is -2.05. The largest absolute Gasteiger partial charge is 0.459 e. The second-order valence-corrected chi connectivity index (χ2v) is 9.36. The minimum Gasteiger partial charge on any atom is -0.459 e. The van der Waals surface area contributed by atoms with Gasteiger partial charge in [0.05, 0.1) is 21.8 Å². The van der Waals surface area contributed by atoms with E-state index in [1.807, 2.05) is 0 Å². The van der Waals surface area contributed by atoms with Crippen LogP contribution >= 0.6 is 11.3 Å². The SMILES string of the molecule is O=C(Nc1ncc(-c2ccc(F)cc2)s1)c1occc1CS(=O)(=O)c1ccccc1. The van der Waals surface area contributed by atoms with Gasteiger partial charge in [0, 0.05) is 11.8 Å². The number of amides is 1. The molecule has 0 spiro atoms. The van der Waals surface area contributed by atoms with Crippen molar-refractivity contribution in [3.63, 3.8) is 0 Å². The molecule has 4 aromatic rings. The average Bonchev–Trinajstić information content (AvgIpc) is 3.38. The lowest BCUT2D eigenvalue weighted by molar-refractivity contribution is 0.0995. The molecule has 1 amide bonds. The number of halogens is 1. The summed E-state index contributed by atoms with van der Waals surface area (Å²) < 4.78 is 43.5. The van der Waals surface area contributed by atoms with Gasteiger partial charge < -0.3 is 4.42 Å². The Hall–Kier alpha value is -3.30. The highest BCUT2D eigenvalue weighted by atomic mass is 32.2. The van der Waals surface area contributed by atoms with Crippen molar-refractivity contribution in [2.75, 3.05) is 5.32 Å². The van der Waals surface area contributed by atoms with Gasteiger partial charge in [-0.2, -0.15) is 0 Å². The van der Waals surface area contributed by atoms with Crippen LogP contribution in [-0.4, -0.2) is 19.3 Å². The first-order chi connectivity index (χ1) is 14.4. The Bertz CT molecular complexity index is 1280. The first kappa shape index (κ1) is 20.0. The summed E-state index contributed by atoms with van der Waals surface area (Å²) in [5.74, 6) is -1.39. The molecule has 2 aromatic heterocycles. The van der Waals surface area contributed by atoms with Crippen molar-refractivity contribution in [1.29, 1.82) is 0 Å². The van der Waals surface area contributed by atoms with Gasteiger partial charge in [-0.25, -0.2) is 17.8 Å². The van der Waals surface area contributed by atoms with Crippen LogP contribution in [0.4, 0.5) is 9.52 Å². The molecule has 0 saturated heterocycles. The molecule has 30 heavy (non-hydrogen) atoms. The number of furan rings is 1. The minimum atomic E-state index is -3.63. The number of aromatic nitrogens is 1. The molecule has 0 radical (unpaired) electrons. The standard InChI is InChI=1S/C21H15FN2O4S2/c22-16-8-6-14(7-9-16)18-12-23-21(29-18)24-20(25)19-15(10-11-28-19)13-30(26,27)17-4-2-1-3-5-17/h1-12H,13H2,(H,23,24,25). The zero-order valence-electron chi connectivity index (χ0n) is 15.4. The number of anilines is 1. The third-order valence-corrected chi connectivity index (χ3v) is 6.90. The molecular formula is C21H15FN2O4S2. The predicted octanol–water partition coefficient (Wildman–Crippen LogP) is 4.77. The first-order valence-electron chi connectivity index (χ1n) is 8.80. The zero-order chi connectivity index (χ0) is 21.1. The van der Waals surface area contributed by atoms with Crippen LogP contribution in [0.2, 0.25) is 0 Å². The Labute approximate surface area is 175 Å². The molecule has 9 heteroatoms. The highest BCUT2D eigenvalue weighted by Crippen LogP contribution is 2.29. The van der Waals surface area contributed by atoms with E-state index in [0.29, 0.717) is 5.13 Å². The normalized spacial score (nSPS) is 11.4. The number of rotatable bonds is 6. The monoisotopic (exact) mass is 442 g/mol. The number of nitrogens with one attached hydrogen (secondary N) is 1. The molecule has 2 aromatic carbocycles. The molecule has 0 aliphatic rings. The van der Waals surface area contributed by atoms with E-state index in [2.05, 4.69) is 10.3 Å². The Kier molecular flexibility index (Phi) is 5.47. The molecular weight excluding hydrogens is 427 g/mol. The summed E-state index contributed by atoms with van der Waals surface area (Å²) in [5, 5.41) is 2.93. The summed E-state index contributed by atoms with van der Waals surface area (Å²) in [6, 6.07) is 15.4. The van der Waals surface area contributed by atoms with Crippen LogP contribution in [0.15, 0.2) is 82.4 Å². The fraction of sp³-hybridized carbons (Fsp3) is 0.0476. The maximum absolute atomic E-state index is 13.1. The van der Waals surface area contributed by atoms with Crippen LogP contribution < -0.4 is 5.32 Å². The van der Waals surface area contributed by atoms with E-state index in [1.54, 1.807) is 36.5 Å². The number of sulfone groups is 1. The van der Waals surface area contributed by atoms with Crippen molar-refractivity contribution in [3.05, 3.63) is 90.3 Å². The van der Waals surface area contributed by atoms with Crippen LogP contribution in [0.3, 0.4) is 0 Å². The van der Waals surface area contributed by atoms with Crippen molar-refractivity contribution >= 4 is 32.2 Å². The smallest absolute Gasteiger partial charge is 0.293 e. The average molecular weight is 442 g/mol. The molecule has 0 saturated carbocycles. The summed E-state index contributed by atoms with van der Waals surface area (Å²) >= 11 is 1.21. The Balaban J connectivity index is 1.51. The van der Waals surface area contributed by atoms with E-state index in [-0.39, 0.29) is 27.8 Å². The van der Waals surface area contributed by atoms with Gasteiger partial charge in [-0.15, -0.1) is 0 Å². The summed E-state index contributed by atoms with van der Waals surface area (Å²) in [6.45, 7) is 0. The molecule has 0 atom stereocenters. The van der Waals surface area contributed by atoms with Gasteiger partial charge in [0.2, 0.25) is 0 Å². The predicted molar refractivity (Wildman–Crippen MR) is 112 cm³/mol. The molecule has 1 N–H and O–H groups in total. The van der Waals surface area contributed by atoms with Gasteiger partial charge in [-0.05, 0) is 35.9 Å². The molecule has 6 nitrogen and oxygen atoms in total. The third-order valence-electron chi connectivity index (χ3n) is 4.26. The maximum atomic E-state index is 13.1. The van der Waals surface area contributed by atoms with E-state index < -0.39 is 15.7 Å². The molecule has 4 rings (SSSR count). The molecule has 0 aliphatic heterocycles. The van der Waals surface area contributed by atoms with Gasteiger partial charge in [0.15, 0.2) is 20.7 Å². The van der Waals surface area contributed by atoms with E-state index >= 15 is 0 Å². The summed E-state index contributed by atoms with van der Waals surface area (Å²) in [6.07, 6.45) is 2.84. The van der Waals surface area contributed by atoms with E-state index in [0.717, 1.165) is 10.4 Å². The lowest BCUT2D eigenvalue weighted by Crippen LogP contribution is -2.14. The first-order valence-corrected chi connectivity index (χ1v) is 11.3. The molecule has 2 heterocycles. The Morgan fingerprint density at radius 2 is 1.80 bits per heavy atom. The van der Waals surface area contributed by atoms with E-state index in [1.165, 1.54) is 47.9 Å². The highest BCUT2D eigenvalue weighted by Gasteiger charge is 2.23. The van der Waals surface area contributed by atoms with Crippen molar-refractivity contribution < 1.29 is 22.0 Å².